The molecule has 3 aromatic rings. The monoisotopic (exact) mass is 443 g/mol. The van der Waals surface area contributed by atoms with E-state index in [2.05, 4.69) is 9.88 Å². The molecule has 1 aromatic carbocycles. The molecule has 8 heteroatoms. The fourth-order valence-corrected chi connectivity index (χ4v) is 3.38. The molecule has 1 amide bonds. The van der Waals surface area contributed by atoms with E-state index in [1.165, 1.54) is 0 Å². The molecule has 0 saturated carbocycles. The van der Waals surface area contributed by atoms with Crippen LogP contribution in [0.25, 0.3) is 0 Å². The van der Waals surface area contributed by atoms with Crippen LogP contribution in [0.15, 0.2) is 65.2 Å². The fraction of sp³-hybridized carbons (Fsp3) is 0.304. The Morgan fingerprint density at radius 1 is 1.00 bits per heavy atom. The minimum Gasteiger partial charge on any atom is -0.497 e. The molecule has 1 aliphatic heterocycles. The number of hydrogen-bond donors (Lipinski definition) is 0. The molecule has 0 spiro atoms. The molecule has 31 heavy (non-hydrogen) atoms. The van der Waals surface area contributed by atoms with Crippen molar-refractivity contribution in [1.29, 1.82) is 0 Å². The average Bonchev–Trinajstić information content (AvgIpc) is 3.28. The van der Waals surface area contributed by atoms with E-state index in [0.29, 0.717) is 30.4 Å². The van der Waals surface area contributed by atoms with E-state index in [1.54, 1.807) is 19.2 Å². The van der Waals surface area contributed by atoms with Crippen LogP contribution in [0.1, 0.15) is 22.0 Å². The van der Waals surface area contributed by atoms with Crippen molar-refractivity contribution in [1.82, 2.24) is 14.8 Å². The van der Waals surface area contributed by atoms with Gasteiger partial charge in [-0.1, -0.05) is 6.07 Å². The number of nitrogens with zero attached hydrogens (tertiary/aromatic N) is 3. The van der Waals surface area contributed by atoms with Gasteiger partial charge < -0.3 is 18.8 Å². The van der Waals surface area contributed by atoms with E-state index < -0.39 is 0 Å². The lowest BCUT2D eigenvalue weighted by atomic mass is 10.2. The second-order valence-corrected chi connectivity index (χ2v) is 7.12. The zero-order valence-electron chi connectivity index (χ0n) is 17.4. The number of ether oxygens (including phenoxy) is 2. The Labute approximate surface area is 188 Å². The van der Waals surface area contributed by atoms with Gasteiger partial charge in [0, 0.05) is 38.9 Å². The van der Waals surface area contributed by atoms with Crippen molar-refractivity contribution in [3.63, 3.8) is 0 Å². The maximum absolute atomic E-state index is 12.8. The number of piperazine rings is 1. The van der Waals surface area contributed by atoms with Crippen LogP contribution in [0.5, 0.6) is 11.5 Å². The Hall–Kier alpha value is -3.03. The standard InChI is InChI=1S/C23H25N3O4.ClH/c1-28-19-5-7-20(8-6-19)29-17-21-9-10-22(30-21)23(27)26-14-12-25(13-15-26)16-18-4-2-3-11-24-18;/h2-11H,12-17H2,1H3;1H. The van der Waals surface area contributed by atoms with Gasteiger partial charge in [0.25, 0.3) is 5.91 Å². The van der Waals surface area contributed by atoms with Crippen molar-refractivity contribution in [2.45, 2.75) is 13.2 Å². The first-order chi connectivity index (χ1) is 14.7. The number of halogens is 1. The van der Waals surface area contributed by atoms with Gasteiger partial charge in [0.2, 0.25) is 0 Å². The maximum atomic E-state index is 12.8. The van der Waals surface area contributed by atoms with Crippen LogP contribution in [0.3, 0.4) is 0 Å². The summed E-state index contributed by atoms with van der Waals surface area (Å²) < 4.78 is 16.6. The molecule has 164 valence electrons. The van der Waals surface area contributed by atoms with E-state index in [0.717, 1.165) is 31.1 Å². The van der Waals surface area contributed by atoms with Crippen LogP contribution in [0.2, 0.25) is 0 Å². The van der Waals surface area contributed by atoms with E-state index in [-0.39, 0.29) is 24.9 Å². The number of aromatic nitrogens is 1. The molecule has 0 N–H and O–H groups in total. The van der Waals surface area contributed by atoms with Crippen molar-refractivity contribution in [3.8, 4) is 11.5 Å². The van der Waals surface area contributed by atoms with Crippen LogP contribution in [-0.4, -0.2) is 54.0 Å². The normalized spacial score (nSPS) is 14.0. The Kier molecular flexibility index (Phi) is 7.92. The molecule has 3 heterocycles. The second-order valence-electron chi connectivity index (χ2n) is 7.12. The van der Waals surface area contributed by atoms with E-state index in [1.807, 2.05) is 53.6 Å². The van der Waals surface area contributed by atoms with Gasteiger partial charge in [-0.05, 0) is 48.5 Å². The number of rotatable bonds is 7. The zero-order chi connectivity index (χ0) is 20.8. The van der Waals surface area contributed by atoms with Crippen molar-refractivity contribution in [3.05, 3.63) is 78.0 Å². The number of benzene rings is 1. The lowest BCUT2D eigenvalue weighted by molar-refractivity contribution is 0.0592. The summed E-state index contributed by atoms with van der Waals surface area (Å²) in [6.45, 7) is 4.04. The van der Waals surface area contributed by atoms with Crippen LogP contribution < -0.4 is 9.47 Å². The molecule has 1 fully saturated rings. The van der Waals surface area contributed by atoms with Gasteiger partial charge in [0.15, 0.2) is 5.76 Å². The van der Waals surface area contributed by atoms with Crippen LogP contribution in [0, 0.1) is 0 Å². The first-order valence-corrected chi connectivity index (χ1v) is 9.98. The van der Waals surface area contributed by atoms with E-state index >= 15 is 0 Å². The molecular weight excluding hydrogens is 418 g/mol. The summed E-state index contributed by atoms with van der Waals surface area (Å²) in [4.78, 5) is 21.3. The summed E-state index contributed by atoms with van der Waals surface area (Å²) in [7, 11) is 1.62. The second kappa shape index (κ2) is 10.8. The number of carbonyl (C=O) groups is 1. The maximum Gasteiger partial charge on any atom is 0.289 e. The predicted octanol–water partition coefficient (Wildman–Crippen LogP) is 3.64. The summed E-state index contributed by atoms with van der Waals surface area (Å²) >= 11 is 0. The van der Waals surface area contributed by atoms with Gasteiger partial charge in [-0.3, -0.25) is 14.7 Å². The molecule has 7 nitrogen and oxygen atoms in total. The molecule has 0 unspecified atom stereocenters. The summed E-state index contributed by atoms with van der Waals surface area (Å²) in [6.07, 6.45) is 1.81. The number of pyridine rings is 1. The molecule has 0 atom stereocenters. The predicted molar refractivity (Wildman–Crippen MR) is 119 cm³/mol. The third kappa shape index (κ3) is 5.99. The SMILES string of the molecule is COc1ccc(OCc2ccc(C(=O)N3CCN(Cc4ccccn4)CC3)o2)cc1.Cl. The van der Waals surface area contributed by atoms with Gasteiger partial charge >= 0.3 is 0 Å². The summed E-state index contributed by atoms with van der Waals surface area (Å²) in [6, 6.07) is 16.8. The Morgan fingerprint density at radius 2 is 1.74 bits per heavy atom. The van der Waals surface area contributed by atoms with E-state index in [4.69, 9.17) is 13.9 Å². The lowest BCUT2D eigenvalue weighted by Crippen LogP contribution is -2.48. The Morgan fingerprint density at radius 3 is 2.42 bits per heavy atom. The highest BCUT2D eigenvalue weighted by atomic mass is 35.5. The Bertz CT molecular complexity index is 954. The van der Waals surface area contributed by atoms with Crippen molar-refractivity contribution >= 4 is 18.3 Å². The largest absolute Gasteiger partial charge is 0.497 e. The molecule has 0 bridgehead atoms. The molecule has 4 rings (SSSR count). The number of hydrogen-bond acceptors (Lipinski definition) is 6. The van der Waals surface area contributed by atoms with Gasteiger partial charge in [-0.25, -0.2) is 0 Å². The van der Waals surface area contributed by atoms with Gasteiger partial charge in [0.1, 0.15) is 23.9 Å². The third-order valence-corrected chi connectivity index (χ3v) is 5.08. The smallest absolute Gasteiger partial charge is 0.289 e. The third-order valence-electron chi connectivity index (χ3n) is 5.08. The van der Waals surface area contributed by atoms with Crippen LogP contribution >= 0.6 is 12.4 Å². The molecule has 0 radical (unpaired) electrons. The molecule has 1 saturated heterocycles. The molecule has 0 aliphatic carbocycles. The summed E-state index contributed by atoms with van der Waals surface area (Å²) in [5.74, 6) is 2.37. The highest BCUT2D eigenvalue weighted by Crippen LogP contribution is 2.19. The first-order valence-electron chi connectivity index (χ1n) is 9.98. The average molecular weight is 444 g/mol. The van der Waals surface area contributed by atoms with Gasteiger partial charge in [0.05, 0.1) is 12.8 Å². The quantitative estimate of drug-likeness (QED) is 0.555. The highest BCUT2D eigenvalue weighted by Gasteiger charge is 2.24. The summed E-state index contributed by atoms with van der Waals surface area (Å²) in [5, 5.41) is 0. The Balaban J connectivity index is 0.00000272. The molecular formula is C23H26ClN3O4. The topological polar surface area (TPSA) is 68.0 Å². The van der Waals surface area contributed by atoms with E-state index in [9.17, 15) is 4.79 Å². The van der Waals surface area contributed by atoms with Crippen LogP contribution in [-0.2, 0) is 13.2 Å². The molecule has 2 aromatic heterocycles. The lowest BCUT2D eigenvalue weighted by Gasteiger charge is -2.34. The van der Waals surface area contributed by atoms with Crippen molar-refractivity contribution < 1.29 is 18.7 Å². The van der Waals surface area contributed by atoms with Gasteiger partial charge in [-0.15, -0.1) is 12.4 Å². The highest BCUT2D eigenvalue weighted by molar-refractivity contribution is 5.91. The molecule has 1 aliphatic rings. The minimum absolute atomic E-state index is 0. The number of methoxy groups -OCH3 is 1. The fourth-order valence-electron chi connectivity index (χ4n) is 3.38. The number of amides is 1. The first kappa shape index (κ1) is 22.7. The van der Waals surface area contributed by atoms with Crippen LogP contribution in [0.4, 0.5) is 0 Å². The minimum atomic E-state index is -0.0804. The zero-order valence-corrected chi connectivity index (χ0v) is 18.2. The summed E-state index contributed by atoms with van der Waals surface area (Å²) in [5.41, 5.74) is 1.05. The van der Waals surface area contributed by atoms with Crippen molar-refractivity contribution in [2.75, 3.05) is 33.3 Å². The number of furan rings is 1. The number of carbonyl (C=O) groups excluding carboxylic acids is 1. The van der Waals surface area contributed by atoms with Crippen molar-refractivity contribution in [2.24, 2.45) is 0 Å². The van der Waals surface area contributed by atoms with Gasteiger partial charge in [-0.2, -0.15) is 0 Å².